The molecule has 1 aromatic carbocycles. The molecule has 0 aromatic heterocycles. The summed E-state index contributed by atoms with van der Waals surface area (Å²) in [5.74, 6) is 0.939. The van der Waals surface area contributed by atoms with Crippen LogP contribution in [0, 0.1) is 13.0 Å². The Hall–Kier alpha value is -0.196. The summed E-state index contributed by atoms with van der Waals surface area (Å²) in [4.78, 5) is 13.7. The molecular weight excluding hydrogens is 454 g/mol. The van der Waals surface area contributed by atoms with Gasteiger partial charge in [-0.05, 0) is 12.1 Å². The van der Waals surface area contributed by atoms with Crippen LogP contribution >= 0.6 is 22.6 Å². The smallest absolute Gasteiger partial charge is 0.235 e. The van der Waals surface area contributed by atoms with Gasteiger partial charge in [-0.25, -0.2) is 6.08 Å². The first kappa shape index (κ1) is 18.9. The second-order valence-corrected chi connectivity index (χ2v) is 6.17. The Kier molecular flexibility index (Phi) is 7.58. The SMILES string of the molecule is C=CCOc1ccc(C2=[C-]CC(I)C(=O)N2C)c(C)c1.[Y]. The van der Waals surface area contributed by atoms with Crippen LogP contribution in [0.3, 0.4) is 0 Å². The first-order chi connectivity index (χ1) is 9.54. The normalized spacial score (nSPS) is 17.9. The van der Waals surface area contributed by atoms with E-state index < -0.39 is 0 Å². The third kappa shape index (κ3) is 4.39. The second kappa shape index (κ2) is 8.44. The molecule has 1 radical (unpaired) electrons. The zero-order chi connectivity index (χ0) is 14.7. The predicted octanol–water partition coefficient (Wildman–Crippen LogP) is 3.37. The zero-order valence-corrected chi connectivity index (χ0v) is 17.2. The van der Waals surface area contributed by atoms with Gasteiger partial charge in [0.25, 0.3) is 0 Å². The minimum atomic E-state index is -0.0168. The average Bonchev–Trinajstić information content (AvgIpc) is 2.44. The fourth-order valence-electron chi connectivity index (χ4n) is 2.14. The molecule has 0 fully saturated rings. The molecule has 0 saturated carbocycles. The molecule has 21 heavy (non-hydrogen) atoms. The van der Waals surface area contributed by atoms with Gasteiger partial charge in [0.05, 0.1) is 3.92 Å². The Morgan fingerprint density at radius 3 is 2.90 bits per heavy atom. The minimum Gasteiger partial charge on any atom is -0.490 e. The molecular formula is C16H17INO2Y-. The molecule has 1 atom stereocenters. The number of aryl methyl sites for hydroxylation is 1. The van der Waals surface area contributed by atoms with Gasteiger partial charge in [0, 0.05) is 39.8 Å². The number of ether oxygens (including phenoxy) is 1. The number of hydrogen-bond donors (Lipinski definition) is 0. The van der Waals surface area contributed by atoms with Gasteiger partial charge in [-0.2, -0.15) is 0 Å². The van der Waals surface area contributed by atoms with Crippen molar-refractivity contribution in [2.45, 2.75) is 17.3 Å². The van der Waals surface area contributed by atoms with Gasteiger partial charge < -0.3 is 9.64 Å². The van der Waals surface area contributed by atoms with Gasteiger partial charge in [-0.15, -0.1) is 22.9 Å². The van der Waals surface area contributed by atoms with Crippen LogP contribution in [-0.2, 0) is 37.5 Å². The summed E-state index contributed by atoms with van der Waals surface area (Å²) in [5.41, 5.74) is 2.95. The van der Waals surface area contributed by atoms with Gasteiger partial charge >= 0.3 is 0 Å². The Balaban J connectivity index is 0.00000220. The number of carbonyl (C=O) groups is 1. The number of allylic oxidation sites excluding steroid dienone is 1. The van der Waals surface area contributed by atoms with Gasteiger partial charge in [-0.3, -0.25) is 4.79 Å². The zero-order valence-electron chi connectivity index (χ0n) is 12.2. The summed E-state index contributed by atoms with van der Waals surface area (Å²) in [5, 5.41) is 0. The maximum Gasteiger partial charge on any atom is 0.235 e. The molecule has 109 valence electrons. The number of carbonyl (C=O) groups excluding carboxylic acids is 1. The van der Waals surface area contributed by atoms with E-state index in [1.165, 1.54) is 0 Å². The van der Waals surface area contributed by atoms with E-state index in [0.717, 1.165) is 22.6 Å². The molecule has 1 aliphatic heterocycles. The van der Waals surface area contributed by atoms with Gasteiger partial charge in [-0.1, -0.05) is 48.6 Å². The number of alkyl halides is 1. The van der Waals surface area contributed by atoms with Gasteiger partial charge in [0.15, 0.2) is 0 Å². The summed E-state index contributed by atoms with van der Waals surface area (Å²) >= 11 is 2.16. The Morgan fingerprint density at radius 1 is 1.57 bits per heavy atom. The van der Waals surface area contributed by atoms with E-state index in [2.05, 4.69) is 35.2 Å². The number of halogens is 1. The largest absolute Gasteiger partial charge is 0.490 e. The summed E-state index contributed by atoms with van der Waals surface area (Å²) in [7, 11) is 1.80. The quantitative estimate of drug-likeness (QED) is 0.292. The third-order valence-corrected chi connectivity index (χ3v) is 4.18. The fourth-order valence-corrected chi connectivity index (χ4v) is 2.77. The standard InChI is InChI=1S/C16H17INO2.Y/c1-4-9-20-12-5-6-13(11(2)10-12)15-8-7-14(17)16(19)18(15)3;/h4-6,10,14H,1,7,9H2,2-3H3;/q-1;. The summed E-state index contributed by atoms with van der Waals surface area (Å²) in [6.07, 6.45) is 5.70. The van der Waals surface area contributed by atoms with Crippen molar-refractivity contribution >= 4 is 34.2 Å². The van der Waals surface area contributed by atoms with E-state index in [-0.39, 0.29) is 42.5 Å². The van der Waals surface area contributed by atoms with Crippen LogP contribution in [-0.4, -0.2) is 28.4 Å². The number of rotatable bonds is 4. The van der Waals surface area contributed by atoms with Crippen LogP contribution in [0.25, 0.3) is 5.70 Å². The first-order valence-electron chi connectivity index (χ1n) is 6.41. The van der Waals surface area contributed by atoms with Crippen molar-refractivity contribution in [2.75, 3.05) is 13.7 Å². The Morgan fingerprint density at radius 2 is 2.29 bits per heavy atom. The minimum absolute atomic E-state index is 0. The van der Waals surface area contributed by atoms with Crippen LogP contribution in [0.5, 0.6) is 5.75 Å². The number of amides is 1. The molecule has 5 heteroatoms. The molecule has 1 aromatic rings. The molecule has 1 unspecified atom stereocenters. The van der Waals surface area contributed by atoms with Crippen LogP contribution in [0.4, 0.5) is 0 Å². The summed E-state index contributed by atoms with van der Waals surface area (Å²) in [6.45, 7) is 6.13. The number of hydrogen-bond acceptors (Lipinski definition) is 2. The molecule has 1 aliphatic rings. The van der Waals surface area contributed by atoms with Crippen molar-refractivity contribution in [1.29, 1.82) is 0 Å². The van der Waals surface area contributed by atoms with E-state index in [1.54, 1.807) is 18.0 Å². The van der Waals surface area contributed by atoms with Crippen molar-refractivity contribution in [1.82, 2.24) is 4.90 Å². The molecule has 0 bridgehead atoms. The third-order valence-electron chi connectivity index (χ3n) is 3.20. The average molecular weight is 471 g/mol. The predicted molar refractivity (Wildman–Crippen MR) is 88.7 cm³/mol. The second-order valence-electron chi connectivity index (χ2n) is 4.67. The van der Waals surface area contributed by atoms with Crippen LogP contribution in [0.1, 0.15) is 17.5 Å². The molecule has 1 amide bonds. The van der Waals surface area contributed by atoms with Crippen LogP contribution in [0.2, 0.25) is 0 Å². The first-order valence-corrected chi connectivity index (χ1v) is 7.66. The van der Waals surface area contributed by atoms with Crippen molar-refractivity contribution < 1.29 is 42.2 Å². The monoisotopic (exact) mass is 471 g/mol. The molecule has 0 saturated heterocycles. The van der Waals surface area contributed by atoms with E-state index in [1.807, 2.05) is 25.1 Å². The van der Waals surface area contributed by atoms with E-state index in [0.29, 0.717) is 13.0 Å². The van der Waals surface area contributed by atoms with Crippen molar-refractivity contribution in [3.8, 4) is 5.75 Å². The molecule has 0 N–H and O–H groups in total. The van der Waals surface area contributed by atoms with Gasteiger partial charge in [0.1, 0.15) is 12.4 Å². The molecule has 0 spiro atoms. The summed E-state index contributed by atoms with van der Waals surface area (Å²) < 4.78 is 5.50. The molecule has 3 nitrogen and oxygen atoms in total. The topological polar surface area (TPSA) is 29.5 Å². The Labute approximate surface area is 164 Å². The number of nitrogens with zero attached hydrogens (tertiary/aromatic N) is 1. The van der Waals surface area contributed by atoms with Gasteiger partial charge in [0.2, 0.25) is 5.91 Å². The van der Waals surface area contributed by atoms with E-state index >= 15 is 0 Å². The van der Waals surface area contributed by atoms with Crippen molar-refractivity contribution in [3.63, 3.8) is 0 Å². The van der Waals surface area contributed by atoms with Crippen LogP contribution in [0.15, 0.2) is 30.9 Å². The van der Waals surface area contributed by atoms with Crippen molar-refractivity contribution in [2.24, 2.45) is 0 Å². The maximum atomic E-state index is 12.1. The molecule has 1 heterocycles. The molecule has 0 aliphatic carbocycles. The number of benzene rings is 1. The van der Waals surface area contributed by atoms with Crippen molar-refractivity contribution in [3.05, 3.63) is 48.1 Å². The summed E-state index contributed by atoms with van der Waals surface area (Å²) in [6, 6.07) is 5.87. The van der Waals surface area contributed by atoms with E-state index in [9.17, 15) is 4.79 Å². The van der Waals surface area contributed by atoms with E-state index in [4.69, 9.17) is 4.74 Å². The van der Waals surface area contributed by atoms with Crippen LogP contribution < -0.4 is 4.74 Å². The fraction of sp³-hybridized carbons (Fsp3) is 0.312. The molecule has 2 rings (SSSR count). The Bertz CT molecular complexity index is 571. The maximum absolute atomic E-state index is 12.1.